The molecule has 0 rings (SSSR count). The zero-order chi connectivity index (χ0) is 50.2. The number of hydrogen-bond donors (Lipinski definition) is 3. The Bertz CT molecular complexity index is 1010. The molecule has 3 atom stereocenters. The van der Waals surface area contributed by atoms with Crippen LogP contribution in [0.3, 0.4) is 0 Å². The van der Waals surface area contributed by atoms with Crippen LogP contribution in [0, 0.1) is 0 Å². The molecule has 0 spiro atoms. The molecule has 6 nitrogen and oxygen atoms in total. The Morgan fingerprint density at radius 1 is 0.362 bits per heavy atom. The van der Waals surface area contributed by atoms with E-state index in [1.165, 1.54) is 283 Å². The Morgan fingerprint density at radius 2 is 0.609 bits per heavy atom. The van der Waals surface area contributed by atoms with Gasteiger partial charge < -0.3 is 20.3 Å². The summed E-state index contributed by atoms with van der Waals surface area (Å²) in [5.74, 6) is -0.439. The summed E-state index contributed by atoms with van der Waals surface area (Å²) in [6.45, 7) is 6.56. The number of ether oxygens (including phenoxy) is 1. The molecule has 69 heavy (non-hydrogen) atoms. The molecular formula is C63H125NO5. The van der Waals surface area contributed by atoms with Crippen LogP contribution < -0.4 is 5.32 Å². The molecule has 412 valence electrons. The third kappa shape index (κ3) is 53.0. The number of rotatable bonds is 59. The summed E-state index contributed by atoms with van der Waals surface area (Å²) in [5, 5.41) is 24.0. The molecular weight excluding hydrogens is 851 g/mol. The fourth-order valence-electron chi connectivity index (χ4n) is 10.4. The third-order valence-corrected chi connectivity index (χ3v) is 15.2. The van der Waals surface area contributed by atoms with Gasteiger partial charge in [-0.1, -0.05) is 329 Å². The number of hydrogen-bond acceptors (Lipinski definition) is 5. The Hall–Kier alpha value is -1.14. The van der Waals surface area contributed by atoms with Gasteiger partial charge in [0.2, 0.25) is 5.91 Å². The van der Waals surface area contributed by atoms with E-state index < -0.39 is 18.2 Å². The first kappa shape index (κ1) is 67.9. The van der Waals surface area contributed by atoms with E-state index in [0.29, 0.717) is 19.3 Å². The summed E-state index contributed by atoms with van der Waals surface area (Å²) in [6.07, 6.45) is 66.1. The van der Waals surface area contributed by atoms with E-state index in [-0.39, 0.29) is 24.9 Å². The van der Waals surface area contributed by atoms with E-state index in [2.05, 4.69) is 26.1 Å². The van der Waals surface area contributed by atoms with Crippen molar-refractivity contribution in [3.05, 3.63) is 0 Å². The van der Waals surface area contributed by atoms with E-state index in [0.717, 1.165) is 38.5 Å². The molecule has 0 heterocycles. The summed E-state index contributed by atoms with van der Waals surface area (Å²) < 4.78 is 5.99. The van der Waals surface area contributed by atoms with Crippen molar-refractivity contribution in [1.29, 1.82) is 0 Å². The lowest BCUT2D eigenvalue weighted by atomic mass is 10.0. The highest BCUT2D eigenvalue weighted by Gasteiger charge is 2.24. The lowest BCUT2D eigenvalue weighted by Gasteiger charge is -2.24. The third-order valence-electron chi connectivity index (χ3n) is 15.2. The lowest BCUT2D eigenvalue weighted by molar-refractivity contribution is -0.151. The van der Waals surface area contributed by atoms with Crippen molar-refractivity contribution >= 4 is 11.9 Å². The van der Waals surface area contributed by atoms with Crippen LogP contribution in [0.4, 0.5) is 0 Å². The number of esters is 1. The molecule has 0 aliphatic rings. The highest BCUT2D eigenvalue weighted by atomic mass is 16.5. The number of carbonyl (C=O) groups excluding carboxylic acids is 2. The smallest absolute Gasteiger partial charge is 0.306 e. The zero-order valence-electron chi connectivity index (χ0n) is 47.2. The van der Waals surface area contributed by atoms with Gasteiger partial charge in [0.05, 0.1) is 25.2 Å². The molecule has 0 aromatic heterocycles. The SMILES string of the molecule is CCCCCCCCCCCCCCCCCCCC(CC(=O)NC(CO)C(O)CCCCCCCCCCCCCCCCCCC)OC(=O)CCCCCCCCCCCCCCCCCC. The second kappa shape index (κ2) is 57.8. The number of aliphatic hydroxyl groups is 2. The van der Waals surface area contributed by atoms with Gasteiger partial charge in [-0.05, 0) is 25.7 Å². The summed E-state index contributed by atoms with van der Waals surface area (Å²) in [7, 11) is 0. The topological polar surface area (TPSA) is 95.9 Å². The number of carbonyl (C=O) groups is 2. The zero-order valence-corrected chi connectivity index (χ0v) is 47.2. The Kier molecular flexibility index (Phi) is 56.8. The van der Waals surface area contributed by atoms with Gasteiger partial charge in [-0.25, -0.2) is 0 Å². The van der Waals surface area contributed by atoms with E-state index in [4.69, 9.17) is 4.74 Å². The molecule has 0 aromatic carbocycles. The van der Waals surface area contributed by atoms with Crippen LogP contribution in [0.25, 0.3) is 0 Å². The van der Waals surface area contributed by atoms with Gasteiger partial charge >= 0.3 is 5.97 Å². The second-order valence-corrected chi connectivity index (χ2v) is 22.2. The van der Waals surface area contributed by atoms with Crippen LogP contribution in [0.2, 0.25) is 0 Å². The van der Waals surface area contributed by atoms with Crippen molar-refractivity contribution in [3.63, 3.8) is 0 Å². The van der Waals surface area contributed by atoms with Gasteiger partial charge in [-0.3, -0.25) is 9.59 Å². The summed E-state index contributed by atoms with van der Waals surface area (Å²) in [5.41, 5.74) is 0. The first-order valence-electron chi connectivity index (χ1n) is 31.8. The van der Waals surface area contributed by atoms with Crippen LogP contribution in [-0.4, -0.2) is 46.9 Å². The minimum atomic E-state index is -0.781. The Morgan fingerprint density at radius 3 is 0.884 bits per heavy atom. The minimum absolute atomic E-state index is 0.0892. The maximum Gasteiger partial charge on any atom is 0.306 e. The fraction of sp³-hybridized carbons (Fsp3) is 0.968. The fourth-order valence-corrected chi connectivity index (χ4v) is 10.4. The highest BCUT2D eigenvalue weighted by molar-refractivity contribution is 5.77. The molecule has 3 unspecified atom stereocenters. The molecule has 0 radical (unpaired) electrons. The van der Waals surface area contributed by atoms with Crippen LogP contribution in [0.5, 0.6) is 0 Å². The maximum absolute atomic E-state index is 13.3. The minimum Gasteiger partial charge on any atom is -0.462 e. The number of nitrogens with one attached hydrogen (secondary N) is 1. The number of amides is 1. The first-order valence-corrected chi connectivity index (χ1v) is 31.8. The predicted octanol–water partition coefficient (Wildman–Crippen LogP) is 19.9. The Labute approximate surface area is 432 Å². The van der Waals surface area contributed by atoms with Crippen LogP contribution >= 0.6 is 0 Å². The molecule has 6 heteroatoms. The monoisotopic (exact) mass is 976 g/mol. The van der Waals surface area contributed by atoms with Gasteiger partial charge in [0.25, 0.3) is 0 Å². The standard InChI is InChI=1S/C63H125NO5/c1-4-7-10-13-16-19-22-25-28-31-33-36-39-42-45-48-51-54-59(69-63(68)56-53-50-47-44-41-38-35-30-27-24-21-18-15-12-9-6-3)57-62(67)64-60(58-65)61(66)55-52-49-46-43-40-37-34-32-29-26-23-20-17-14-11-8-5-2/h59-61,65-66H,4-58H2,1-3H3,(H,64,67). The van der Waals surface area contributed by atoms with Crippen LogP contribution in [-0.2, 0) is 14.3 Å². The van der Waals surface area contributed by atoms with Crippen molar-refractivity contribution in [3.8, 4) is 0 Å². The predicted molar refractivity (Wildman–Crippen MR) is 301 cm³/mol. The van der Waals surface area contributed by atoms with E-state index in [1.54, 1.807) is 0 Å². The molecule has 0 aromatic rings. The molecule has 1 amide bonds. The van der Waals surface area contributed by atoms with Crippen LogP contribution in [0.15, 0.2) is 0 Å². The van der Waals surface area contributed by atoms with E-state index >= 15 is 0 Å². The lowest BCUT2D eigenvalue weighted by Crippen LogP contribution is -2.46. The molecule has 0 aliphatic heterocycles. The van der Waals surface area contributed by atoms with Gasteiger partial charge in [0.15, 0.2) is 0 Å². The van der Waals surface area contributed by atoms with Crippen molar-refractivity contribution < 1.29 is 24.5 Å². The van der Waals surface area contributed by atoms with Crippen LogP contribution in [0.1, 0.15) is 367 Å². The van der Waals surface area contributed by atoms with Gasteiger partial charge in [-0.15, -0.1) is 0 Å². The second-order valence-electron chi connectivity index (χ2n) is 22.2. The Balaban J connectivity index is 4.46. The van der Waals surface area contributed by atoms with Gasteiger partial charge in [0.1, 0.15) is 6.10 Å². The molecule has 0 saturated heterocycles. The van der Waals surface area contributed by atoms with E-state index in [9.17, 15) is 19.8 Å². The normalized spacial score (nSPS) is 12.9. The quantitative estimate of drug-likeness (QED) is 0.0417. The molecule has 0 fully saturated rings. The number of aliphatic hydroxyl groups excluding tert-OH is 2. The maximum atomic E-state index is 13.3. The molecule has 0 aliphatic carbocycles. The van der Waals surface area contributed by atoms with Gasteiger partial charge in [-0.2, -0.15) is 0 Å². The summed E-state index contributed by atoms with van der Waals surface area (Å²) in [4.78, 5) is 26.4. The molecule has 0 saturated carbocycles. The van der Waals surface area contributed by atoms with Crippen molar-refractivity contribution in [2.75, 3.05) is 6.61 Å². The highest BCUT2D eigenvalue weighted by Crippen LogP contribution is 2.20. The number of unbranched alkanes of at least 4 members (excludes halogenated alkanes) is 47. The van der Waals surface area contributed by atoms with Crippen molar-refractivity contribution in [2.45, 2.75) is 386 Å². The van der Waals surface area contributed by atoms with E-state index in [1.807, 2.05) is 0 Å². The average molecular weight is 977 g/mol. The van der Waals surface area contributed by atoms with Crippen molar-refractivity contribution in [2.24, 2.45) is 0 Å². The summed E-state index contributed by atoms with van der Waals surface area (Å²) in [6, 6.07) is -0.694. The molecule has 3 N–H and O–H groups in total. The summed E-state index contributed by atoms with van der Waals surface area (Å²) >= 11 is 0. The average Bonchev–Trinajstić information content (AvgIpc) is 3.34. The molecule has 0 bridgehead atoms. The first-order chi connectivity index (χ1) is 34.0. The van der Waals surface area contributed by atoms with Crippen molar-refractivity contribution in [1.82, 2.24) is 5.32 Å². The van der Waals surface area contributed by atoms with Gasteiger partial charge in [0, 0.05) is 6.42 Å². The largest absolute Gasteiger partial charge is 0.462 e.